The van der Waals surface area contributed by atoms with Gasteiger partial charge in [-0.25, -0.2) is 0 Å². The van der Waals surface area contributed by atoms with Gasteiger partial charge in [0, 0.05) is 0 Å². The SMILES string of the molecule is COC(=O)C(C)(C)Cn1ccc([N+](=O)[O-])n1. The van der Waals surface area contributed by atoms with E-state index < -0.39 is 10.3 Å². The van der Waals surface area contributed by atoms with Gasteiger partial charge in [0.1, 0.15) is 0 Å². The summed E-state index contributed by atoms with van der Waals surface area (Å²) in [5, 5.41) is 14.1. The van der Waals surface area contributed by atoms with Crippen molar-refractivity contribution in [2.75, 3.05) is 7.11 Å². The van der Waals surface area contributed by atoms with Crippen molar-refractivity contribution in [3.05, 3.63) is 22.4 Å². The van der Waals surface area contributed by atoms with E-state index in [1.807, 2.05) is 0 Å². The van der Waals surface area contributed by atoms with E-state index in [1.165, 1.54) is 24.1 Å². The summed E-state index contributed by atoms with van der Waals surface area (Å²) in [6.45, 7) is 3.60. The van der Waals surface area contributed by atoms with Crippen molar-refractivity contribution in [3.8, 4) is 0 Å². The number of hydrogen-bond donors (Lipinski definition) is 0. The molecule has 7 nitrogen and oxygen atoms in total. The Balaban J connectivity index is 2.80. The molecule has 0 saturated carbocycles. The van der Waals surface area contributed by atoms with Crippen molar-refractivity contribution in [2.45, 2.75) is 20.4 Å². The van der Waals surface area contributed by atoms with E-state index in [0.717, 1.165) is 0 Å². The molecule has 0 saturated heterocycles. The van der Waals surface area contributed by atoms with Crippen LogP contribution in [0.2, 0.25) is 0 Å². The molecule has 7 heteroatoms. The highest BCUT2D eigenvalue weighted by Crippen LogP contribution is 2.20. The summed E-state index contributed by atoms with van der Waals surface area (Å²) in [5.74, 6) is -0.619. The Kier molecular flexibility index (Phi) is 3.26. The van der Waals surface area contributed by atoms with Gasteiger partial charge in [-0.15, -0.1) is 0 Å². The molecule has 1 aromatic heterocycles. The van der Waals surface area contributed by atoms with E-state index in [-0.39, 0.29) is 18.3 Å². The maximum Gasteiger partial charge on any atom is 0.389 e. The molecule has 0 fully saturated rings. The van der Waals surface area contributed by atoms with Crippen LogP contribution in [-0.4, -0.2) is 27.8 Å². The van der Waals surface area contributed by atoms with Gasteiger partial charge in [-0.2, -0.15) is 4.68 Å². The van der Waals surface area contributed by atoms with Crippen LogP contribution >= 0.6 is 0 Å². The predicted octanol–water partition coefficient (Wildman–Crippen LogP) is 0.990. The second-order valence-corrected chi connectivity index (χ2v) is 4.00. The Hall–Kier alpha value is -1.92. The Bertz CT molecular complexity index is 411. The van der Waals surface area contributed by atoms with Crippen LogP contribution in [0.25, 0.3) is 0 Å². The summed E-state index contributed by atoms with van der Waals surface area (Å²) in [4.78, 5) is 21.2. The second-order valence-electron chi connectivity index (χ2n) is 4.00. The first-order valence-electron chi connectivity index (χ1n) is 4.63. The van der Waals surface area contributed by atoms with Crippen LogP contribution in [0.3, 0.4) is 0 Å². The van der Waals surface area contributed by atoms with Gasteiger partial charge in [-0.05, 0) is 18.8 Å². The molecule has 0 amide bonds. The van der Waals surface area contributed by atoms with E-state index in [4.69, 9.17) is 0 Å². The van der Waals surface area contributed by atoms with E-state index in [2.05, 4.69) is 9.84 Å². The number of methoxy groups -OCH3 is 1. The number of nitrogens with zero attached hydrogens (tertiary/aromatic N) is 3. The number of hydrogen-bond acceptors (Lipinski definition) is 5. The minimum Gasteiger partial charge on any atom is -0.469 e. The van der Waals surface area contributed by atoms with Crippen molar-refractivity contribution in [2.24, 2.45) is 5.41 Å². The average molecular weight is 227 g/mol. The maximum absolute atomic E-state index is 11.4. The molecule has 0 aliphatic carbocycles. The Morgan fingerprint density at radius 3 is 2.75 bits per heavy atom. The molecule has 0 unspecified atom stereocenters. The molecule has 16 heavy (non-hydrogen) atoms. The first kappa shape index (κ1) is 12.2. The van der Waals surface area contributed by atoms with Crippen molar-refractivity contribution in [1.29, 1.82) is 0 Å². The Morgan fingerprint density at radius 2 is 2.31 bits per heavy atom. The molecule has 0 aromatic carbocycles. The predicted molar refractivity (Wildman–Crippen MR) is 54.7 cm³/mol. The van der Waals surface area contributed by atoms with Crippen LogP contribution < -0.4 is 0 Å². The standard InChI is InChI=1S/C9H13N3O4/c1-9(2,8(13)16-3)6-11-5-4-7(10-11)12(14)15/h4-5H,6H2,1-3H3. The van der Waals surface area contributed by atoms with E-state index in [0.29, 0.717) is 0 Å². The molecular formula is C9H13N3O4. The first-order chi connectivity index (χ1) is 7.36. The molecule has 0 atom stereocenters. The smallest absolute Gasteiger partial charge is 0.389 e. The Morgan fingerprint density at radius 1 is 1.69 bits per heavy atom. The average Bonchev–Trinajstić information content (AvgIpc) is 2.64. The molecule has 0 aliphatic heterocycles. The van der Waals surface area contributed by atoms with Gasteiger partial charge in [0.15, 0.2) is 0 Å². The molecule has 1 heterocycles. The molecule has 0 bridgehead atoms. The molecule has 1 aromatic rings. The fraction of sp³-hybridized carbons (Fsp3) is 0.556. The monoisotopic (exact) mass is 227 g/mol. The molecule has 0 aliphatic rings. The van der Waals surface area contributed by atoms with Crippen LogP contribution in [0, 0.1) is 15.5 Å². The van der Waals surface area contributed by atoms with Crippen LogP contribution in [0.4, 0.5) is 5.82 Å². The fourth-order valence-corrected chi connectivity index (χ4v) is 1.28. The summed E-state index contributed by atoms with van der Waals surface area (Å²) in [7, 11) is 1.30. The summed E-state index contributed by atoms with van der Waals surface area (Å²) in [6, 6.07) is 1.29. The van der Waals surface area contributed by atoms with Gasteiger partial charge in [0.25, 0.3) is 0 Å². The third kappa shape index (κ3) is 2.56. The van der Waals surface area contributed by atoms with Crippen LogP contribution in [0.5, 0.6) is 0 Å². The highest BCUT2D eigenvalue weighted by atomic mass is 16.6. The minimum absolute atomic E-state index is 0.230. The van der Waals surface area contributed by atoms with Crippen molar-refractivity contribution in [1.82, 2.24) is 9.78 Å². The van der Waals surface area contributed by atoms with E-state index in [1.54, 1.807) is 13.8 Å². The maximum atomic E-state index is 11.4. The quantitative estimate of drug-likeness (QED) is 0.435. The summed E-state index contributed by atoms with van der Waals surface area (Å²) in [5.41, 5.74) is -0.769. The molecule has 1 rings (SSSR count). The lowest BCUT2D eigenvalue weighted by molar-refractivity contribution is -0.389. The van der Waals surface area contributed by atoms with E-state index >= 15 is 0 Å². The highest BCUT2D eigenvalue weighted by molar-refractivity contribution is 5.75. The Labute approximate surface area is 92.2 Å². The van der Waals surface area contributed by atoms with Gasteiger partial charge in [0.05, 0.1) is 36.4 Å². The third-order valence-electron chi connectivity index (χ3n) is 2.11. The number of rotatable bonds is 4. The molecule has 0 N–H and O–H groups in total. The zero-order chi connectivity index (χ0) is 12.3. The fourth-order valence-electron chi connectivity index (χ4n) is 1.28. The van der Waals surface area contributed by atoms with Crippen molar-refractivity contribution in [3.63, 3.8) is 0 Å². The zero-order valence-electron chi connectivity index (χ0n) is 9.34. The molecule has 88 valence electrons. The zero-order valence-corrected chi connectivity index (χ0v) is 9.34. The highest BCUT2D eigenvalue weighted by Gasteiger charge is 2.31. The van der Waals surface area contributed by atoms with Gasteiger partial charge in [-0.3, -0.25) is 4.79 Å². The van der Waals surface area contributed by atoms with Crippen LogP contribution in [-0.2, 0) is 16.1 Å². The topological polar surface area (TPSA) is 87.3 Å². The largest absolute Gasteiger partial charge is 0.469 e. The lowest BCUT2D eigenvalue weighted by atomic mass is 9.94. The lowest BCUT2D eigenvalue weighted by Gasteiger charge is -2.19. The molecule has 0 spiro atoms. The van der Waals surface area contributed by atoms with Gasteiger partial charge in [-0.1, -0.05) is 0 Å². The summed E-state index contributed by atoms with van der Waals surface area (Å²) in [6.07, 6.45) is 1.46. The van der Waals surface area contributed by atoms with Gasteiger partial charge < -0.3 is 14.9 Å². The van der Waals surface area contributed by atoms with Crippen LogP contribution in [0.1, 0.15) is 13.8 Å². The number of aromatic nitrogens is 2. The number of carbonyl (C=O) groups excluding carboxylic acids is 1. The van der Waals surface area contributed by atoms with Crippen molar-refractivity contribution < 1.29 is 14.5 Å². The third-order valence-corrected chi connectivity index (χ3v) is 2.11. The molecular weight excluding hydrogens is 214 g/mol. The first-order valence-corrected chi connectivity index (χ1v) is 4.63. The summed E-state index contributed by atoms with van der Waals surface area (Å²) >= 11 is 0. The second kappa shape index (κ2) is 4.30. The van der Waals surface area contributed by atoms with Gasteiger partial charge in [0.2, 0.25) is 0 Å². The lowest BCUT2D eigenvalue weighted by Crippen LogP contribution is -2.30. The van der Waals surface area contributed by atoms with Gasteiger partial charge >= 0.3 is 11.8 Å². The number of carbonyl (C=O) groups is 1. The van der Waals surface area contributed by atoms with E-state index in [9.17, 15) is 14.9 Å². The number of ether oxygens (including phenoxy) is 1. The number of esters is 1. The number of nitro groups is 1. The molecule has 0 radical (unpaired) electrons. The van der Waals surface area contributed by atoms with Crippen LogP contribution in [0.15, 0.2) is 12.3 Å². The van der Waals surface area contributed by atoms with Crippen molar-refractivity contribution >= 4 is 11.8 Å². The minimum atomic E-state index is -0.769. The normalized spacial score (nSPS) is 11.2. The summed E-state index contributed by atoms with van der Waals surface area (Å²) < 4.78 is 5.98.